The first-order valence-corrected chi connectivity index (χ1v) is 8.25. The lowest BCUT2D eigenvalue weighted by Crippen LogP contribution is -2.12. The lowest BCUT2D eigenvalue weighted by atomic mass is 10.1. The number of hydrogen-bond donors (Lipinski definition) is 0. The first kappa shape index (κ1) is 19.9. The van der Waals surface area contributed by atoms with Gasteiger partial charge in [-0.3, -0.25) is 0 Å². The highest BCUT2D eigenvalue weighted by Crippen LogP contribution is 2.09. The first-order chi connectivity index (χ1) is 10.2. The maximum Gasteiger partial charge on any atom is 0.335 e. The molecular formula is C18H32O3. The van der Waals surface area contributed by atoms with Crippen molar-refractivity contribution in [3.63, 3.8) is 0 Å². The van der Waals surface area contributed by atoms with Crippen LogP contribution in [0.3, 0.4) is 0 Å². The minimum atomic E-state index is -0.348. The number of carbonyl (C=O) groups is 1. The fraction of sp³-hybridized carbons (Fsp3) is 0.722. The summed E-state index contributed by atoms with van der Waals surface area (Å²) in [7, 11) is 0. The monoisotopic (exact) mass is 296 g/mol. The summed E-state index contributed by atoms with van der Waals surface area (Å²) in [6.45, 7) is 10.5. The second-order valence-electron chi connectivity index (χ2n) is 5.37. The lowest BCUT2D eigenvalue weighted by Gasteiger charge is -2.07. The van der Waals surface area contributed by atoms with Crippen LogP contribution in [0.15, 0.2) is 24.8 Å². The first-order valence-electron chi connectivity index (χ1n) is 8.25. The molecule has 3 heteroatoms. The summed E-state index contributed by atoms with van der Waals surface area (Å²) in [5.41, 5.74) is 0.368. The van der Waals surface area contributed by atoms with Crippen LogP contribution in [0.2, 0.25) is 0 Å². The highest BCUT2D eigenvalue weighted by atomic mass is 16.5. The molecule has 0 radical (unpaired) electrons. The van der Waals surface area contributed by atoms with Crippen molar-refractivity contribution >= 4 is 5.97 Å². The van der Waals surface area contributed by atoms with Crippen molar-refractivity contribution in [1.82, 2.24) is 0 Å². The van der Waals surface area contributed by atoms with Crippen LogP contribution in [0.4, 0.5) is 0 Å². The number of hydrogen-bond acceptors (Lipinski definition) is 3. The van der Waals surface area contributed by atoms with E-state index in [0.29, 0.717) is 18.8 Å². The summed E-state index contributed by atoms with van der Waals surface area (Å²) >= 11 is 0. The van der Waals surface area contributed by atoms with Crippen molar-refractivity contribution in [1.29, 1.82) is 0 Å². The Morgan fingerprint density at radius 3 is 2.14 bits per heavy atom. The third kappa shape index (κ3) is 13.6. The quantitative estimate of drug-likeness (QED) is 0.188. The van der Waals surface area contributed by atoms with Crippen molar-refractivity contribution in [2.45, 2.75) is 64.7 Å². The van der Waals surface area contributed by atoms with E-state index in [1.165, 1.54) is 44.9 Å². The summed E-state index contributed by atoms with van der Waals surface area (Å²) in [6, 6.07) is 0. The lowest BCUT2D eigenvalue weighted by molar-refractivity contribution is -0.139. The van der Waals surface area contributed by atoms with Crippen molar-refractivity contribution in [2.75, 3.05) is 19.8 Å². The Balaban J connectivity index is 3.31. The maximum atomic E-state index is 11.5. The van der Waals surface area contributed by atoms with Crippen molar-refractivity contribution in [2.24, 2.45) is 0 Å². The predicted molar refractivity (Wildman–Crippen MR) is 88.3 cm³/mol. The topological polar surface area (TPSA) is 35.5 Å². The van der Waals surface area contributed by atoms with Crippen LogP contribution in [0.25, 0.3) is 0 Å². The normalized spacial score (nSPS) is 10.3. The predicted octanol–water partition coefficient (Wildman–Crippen LogP) is 4.82. The molecule has 0 fully saturated rings. The fourth-order valence-corrected chi connectivity index (χ4v) is 2.00. The molecule has 0 aromatic heterocycles. The van der Waals surface area contributed by atoms with Crippen molar-refractivity contribution < 1.29 is 14.3 Å². The van der Waals surface area contributed by atoms with Crippen LogP contribution in [0.5, 0.6) is 0 Å². The van der Waals surface area contributed by atoms with Gasteiger partial charge >= 0.3 is 5.97 Å². The second kappa shape index (κ2) is 15.3. The number of esters is 1. The molecule has 122 valence electrons. The van der Waals surface area contributed by atoms with E-state index >= 15 is 0 Å². The van der Waals surface area contributed by atoms with Gasteiger partial charge < -0.3 is 9.47 Å². The van der Waals surface area contributed by atoms with Gasteiger partial charge in [-0.1, -0.05) is 70.9 Å². The molecule has 0 unspecified atom stereocenters. The SMILES string of the molecule is C=CCOCC(=C)C(=O)OCCCCCCCCCCC. The molecule has 0 saturated heterocycles. The van der Waals surface area contributed by atoms with Gasteiger partial charge in [0.2, 0.25) is 0 Å². The Bertz CT molecular complexity index is 284. The molecule has 0 aliphatic heterocycles. The van der Waals surface area contributed by atoms with E-state index in [9.17, 15) is 4.79 Å². The van der Waals surface area contributed by atoms with Gasteiger partial charge in [-0.05, 0) is 6.42 Å². The summed E-state index contributed by atoms with van der Waals surface area (Å²) in [6.07, 6.45) is 12.9. The zero-order valence-electron chi connectivity index (χ0n) is 13.7. The molecule has 0 aliphatic carbocycles. The van der Waals surface area contributed by atoms with E-state index in [4.69, 9.17) is 9.47 Å². The summed E-state index contributed by atoms with van der Waals surface area (Å²) in [5.74, 6) is -0.348. The number of carbonyl (C=O) groups excluding carboxylic acids is 1. The Hall–Kier alpha value is -1.09. The molecule has 0 aliphatic rings. The number of ether oxygens (including phenoxy) is 2. The Labute approximate surface area is 130 Å². The van der Waals surface area contributed by atoms with Crippen LogP contribution in [0.1, 0.15) is 64.7 Å². The van der Waals surface area contributed by atoms with E-state index in [2.05, 4.69) is 20.1 Å². The van der Waals surface area contributed by atoms with Crippen molar-refractivity contribution in [3.05, 3.63) is 24.8 Å². The fourth-order valence-electron chi connectivity index (χ4n) is 2.00. The summed E-state index contributed by atoms with van der Waals surface area (Å²) < 4.78 is 10.3. The van der Waals surface area contributed by atoms with E-state index in [-0.39, 0.29) is 12.6 Å². The summed E-state index contributed by atoms with van der Waals surface area (Å²) in [4.78, 5) is 11.5. The van der Waals surface area contributed by atoms with Crippen molar-refractivity contribution in [3.8, 4) is 0 Å². The van der Waals surface area contributed by atoms with E-state index < -0.39 is 0 Å². The van der Waals surface area contributed by atoms with Crippen LogP contribution < -0.4 is 0 Å². The van der Waals surface area contributed by atoms with Gasteiger partial charge in [-0.2, -0.15) is 0 Å². The molecule has 0 aromatic rings. The van der Waals surface area contributed by atoms with E-state index in [0.717, 1.165) is 12.8 Å². The van der Waals surface area contributed by atoms with Gasteiger partial charge in [0.1, 0.15) is 0 Å². The zero-order chi connectivity index (χ0) is 15.8. The highest BCUT2D eigenvalue weighted by molar-refractivity contribution is 5.87. The van der Waals surface area contributed by atoms with E-state index in [1.54, 1.807) is 6.08 Å². The molecule has 0 amide bonds. The van der Waals surface area contributed by atoms with Gasteiger partial charge in [0, 0.05) is 0 Å². The maximum absolute atomic E-state index is 11.5. The molecule has 0 heterocycles. The Kier molecular flexibility index (Phi) is 14.5. The van der Waals surface area contributed by atoms with Gasteiger partial charge in [0.25, 0.3) is 0 Å². The van der Waals surface area contributed by atoms with E-state index in [1.807, 2.05) is 0 Å². The molecule has 0 saturated carbocycles. The highest BCUT2D eigenvalue weighted by Gasteiger charge is 2.07. The van der Waals surface area contributed by atoms with Gasteiger partial charge in [-0.25, -0.2) is 4.79 Å². The molecule has 0 spiro atoms. The van der Waals surface area contributed by atoms with Crippen LogP contribution in [-0.4, -0.2) is 25.8 Å². The molecular weight excluding hydrogens is 264 g/mol. The number of rotatable bonds is 15. The largest absolute Gasteiger partial charge is 0.462 e. The van der Waals surface area contributed by atoms with Crippen LogP contribution in [-0.2, 0) is 14.3 Å². The van der Waals surface area contributed by atoms with Gasteiger partial charge in [0.05, 0.1) is 25.4 Å². The Morgan fingerprint density at radius 1 is 1.00 bits per heavy atom. The molecule has 21 heavy (non-hydrogen) atoms. The Morgan fingerprint density at radius 2 is 1.57 bits per heavy atom. The van der Waals surface area contributed by atoms with Crippen LogP contribution in [0, 0.1) is 0 Å². The smallest absolute Gasteiger partial charge is 0.335 e. The molecule has 3 nitrogen and oxygen atoms in total. The molecule has 0 aromatic carbocycles. The second-order valence-corrected chi connectivity index (χ2v) is 5.37. The average Bonchev–Trinajstić information content (AvgIpc) is 2.49. The number of unbranched alkanes of at least 4 members (excludes halogenated alkanes) is 8. The molecule has 0 atom stereocenters. The average molecular weight is 296 g/mol. The molecule has 0 bridgehead atoms. The third-order valence-corrected chi connectivity index (χ3v) is 3.28. The third-order valence-electron chi connectivity index (χ3n) is 3.28. The van der Waals surface area contributed by atoms with Gasteiger partial charge in [-0.15, -0.1) is 6.58 Å². The molecule has 0 N–H and O–H groups in total. The standard InChI is InChI=1S/C18H32O3/c1-4-6-7-8-9-10-11-12-13-15-21-18(19)17(3)16-20-14-5-2/h5H,2-4,6-16H2,1H3. The minimum absolute atomic E-state index is 0.211. The van der Waals surface area contributed by atoms with Gasteiger partial charge in [0.15, 0.2) is 0 Å². The summed E-state index contributed by atoms with van der Waals surface area (Å²) in [5, 5.41) is 0. The van der Waals surface area contributed by atoms with Crippen LogP contribution >= 0.6 is 0 Å². The zero-order valence-corrected chi connectivity index (χ0v) is 13.7. The minimum Gasteiger partial charge on any atom is -0.462 e. The molecule has 0 rings (SSSR count).